The first-order valence-electron chi connectivity index (χ1n) is 7.45. The van der Waals surface area contributed by atoms with Crippen molar-refractivity contribution in [2.24, 2.45) is 0 Å². The highest BCUT2D eigenvalue weighted by molar-refractivity contribution is 7.99. The monoisotopic (exact) mass is 378 g/mol. The summed E-state index contributed by atoms with van der Waals surface area (Å²) in [5.74, 6) is 6.47. The number of aromatic nitrogens is 4. The first-order valence-corrected chi connectivity index (χ1v) is 8.44. The molecule has 3 rings (SSSR count). The lowest BCUT2D eigenvalue weighted by atomic mass is 10.3. The fourth-order valence-corrected chi connectivity index (χ4v) is 2.62. The van der Waals surface area contributed by atoms with Crippen molar-refractivity contribution in [2.45, 2.75) is 18.7 Å². The molecule has 0 bridgehead atoms. The molecule has 3 aromatic rings. The van der Waals surface area contributed by atoms with Gasteiger partial charge < -0.3 is 20.4 Å². The number of aryl methyl sites for hydroxylation is 1. The summed E-state index contributed by atoms with van der Waals surface area (Å²) in [6, 6.07) is 7.61. The molecular formula is C15H15FN6O3S. The number of halogens is 1. The molecule has 0 atom stereocenters. The summed E-state index contributed by atoms with van der Waals surface area (Å²) in [6.07, 6.45) is 0. The zero-order chi connectivity index (χ0) is 18.5. The van der Waals surface area contributed by atoms with Crippen LogP contribution in [0.1, 0.15) is 11.6 Å². The molecule has 9 nitrogen and oxygen atoms in total. The third-order valence-electron chi connectivity index (χ3n) is 3.16. The summed E-state index contributed by atoms with van der Waals surface area (Å²) in [5.41, 5.74) is 0. The van der Waals surface area contributed by atoms with Gasteiger partial charge in [-0.15, -0.1) is 10.2 Å². The van der Waals surface area contributed by atoms with Crippen molar-refractivity contribution in [3.8, 4) is 5.75 Å². The van der Waals surface area contributed by atoms with Crippen molar-refractivity contribution in [2.75, 3.05) is 16.9 Å². The van der Waals surface area contributed by atoms with E-state index in [1.807, 2.05) is 0 Å². The maximum Gasteiger partial charge on any atom is 0.236 e. The minimum absolute atomic E-state index is 0.0510. The van der Waals surface area contributed by atoms with Crippen LogP contribution in [0.2, 0.25) is 0 Å². The van der Waals surface area contributed by atoms with Crippen LogP contribution in [-0.4, -0.2) is 31.7 Å². The average molecular weight is 378 g/mol. The SMILES string of the molecule is Cc1cc(NC(=O)CSc2nnc(COc3ccccc3F)n2N)no1. The van der Waals surface area contributed by atoms with E-state index < -0.39 is 5.82 Å². The van der Waals surface area contributed by atoms with Gasteiger partial charge in [-0.1, -0.05) is 29.1 Å². The number of para-hydroxylation sites is 1. The van der Waals surface area contributed by atoms with Gasteiger partial charge in [0.05, 0.1) is 5.75 Å². The Morgan fingerprint density at radius 2 is 2.23 bits per heavy atom. The summed E-state index contributed by atoms with van der Waals surface area (Å²) in [4.78, 5) is 11.9. The van der Waals surface area contributed by atoms with E-state index in [1.165, 1.54) is 16.8 Å². The van der Waals surface area contributed by atoms with E-state index in [0.29, 0.717) is 22.6 Å². The van der Waals surface area contributed by atoms with Gasteiger partial charge in [-0.05, 0) is 19.1 Å². The van der Waals surface area contributed by atoms with Gasteiger partial charge in [-0.25, -0.2) is 9.07 Å². The van der Waals surface area contributed by atoms with Crippen molar-refractivity contribution >= 4 is 23.5 Å². The molecule has 0 spiro atoms. The highest BCUT2D eigenvalue weighted by Gasteiger charge is 2.14. The number of nitrogens with two attached hydrogens (primary N) is 1. The summed E-state index contributed by atoms with van der Waals surface area (Å²) < 4.78 is 24.9. The van der Waals surface area contributed by atoms with Crippen LogP contribution >= 0.6 is 11.8 Å². The zero-order valence-corrected chi connectivity index (χ0v) is 14.5. The lowest BCUT2D eigenvalue weighted by Gasteiger charge is -2.07. The number of hydrogen-bond donors (Lipinski definition) is 2. The number of amides is 1. The van der Waals surface area contributed by atoms with Crippen molar-refractivity contribution in [3.05, 3.63) is 47.7 Å². The van der Waals surface area contributed by atoms with Gasteiger partial charge in [0.25, 0.3) is 0 Å². The van der Waals surface area contributed by atoms with Crippen molar-refractivity contribution in [3.63, 3.8) is 0 Å². The van der Waals surface area contributed by atoms with Crippen molar-refractivity contribution < 1.29 is 18.4 Å². The Labute approximate surface area is 151 Å². The van der Waals surface area contributed by atoms with E-state index in [1.54, 1.807) is 25.1 Å². The second-order valence-corrected chi connectivity index (χ2v) is 6.09. The number of nitrogens with one attached hydrogen (secondary N) is 1. The van der Waals surface area contributed by atoms with Gasteiger partial charge in [0.15, 0.2) is 23.2 Å². The zero-order valence-electron chi connectivity index (χ0n) is 13.7. The molecule has 0 aliphatic heterocycles. The minimum Gasteiger partial charge on any atom is -0.482 e. The maximum atomic E-state index is 13.5. The summed E-state index contributed by atoms with van der Waals surface area (Å²) >= 11 is 1.09. The molecule has 0 unspecified atom stereocenters. The quantitative estimate of drug-likeness (QED) is 0.471. The normalized spacial score (nSPS) is 10.7. The lowest BCUT2D eigenvalue weighted by molar-refractivity contribution is -0.113. The third kappa shape index (κ3) is 4.30. The second-order valence-electron chi connectivity index (χ2n) is 5.15. The molecule has 136 valence electrons. The highest BCUT2D eigenvalue weighted by Crippen LogP contribution is 2.19. The van der Waals surface area contributed by atoms with E-state index in [4.69, 9.17) is 15.1 Å². The van der Waals surface area contributed by atoms with Crippen LogP contribution in [0.4, 0.5) is 10.2 Å². The maximum absolute atomic E-state index is 13.5. The molecule has 0 saturated carbocycles. The van der Waals surface area contributed by atoms with Gasteiger partial charge >= 0.3 is 0 Å². The fraction of sp³-hybridized carbons (Fsp3) is 0.200. The Bertz CT molecular complexity index is 912. The number of thioether (sulfide) groups is 1. The van der Waals surface area contributed by atoms with Crippen LogP contribution in [0.25, 0.3) is 0 Å². The first kappa shape index (κ1) is 17.7. The Balaban J connectivity index is 1.53. The molecule has 3 N–H and O–H groups in total. The topological polar surface area (TPSA) is 121 Å². The van der Waals surface area contributed by atoms with E-state index >= 15 is 0 Å². The van der Waals surface area contributed by atoms with Gasteiger partial charge in [-0.2, -0.15) is 0 Å². The molecule has 2 heterocycles. The molecule has 0 fully saturated rings. The number of nitrogen functional groups attached to an aromatic ring is 1. The molecule has 0 aliphatic rings. The average Bonchev–Trinajstić information content (AvgIpc) is 3.18. The third-order valence-corrected chi connectivity index (χ3v) is 4.10. The number of hydrogen-bond acceptors (Lipinski definition) is 8. The molecule has 0 radical (unpaired) electrons. The lowest BCUT2D eigenvalue weighted by Crippen LogP contribution is -2.18. The number of anilines is 1. The summed E-state index contributed by atoms with van der Waals surface area (Å²) in [6.45, 7) is 1.66. The van der Waals surface area contributed by atoms with Crippen LogP contribution in [0, 0.1) is 12.7 Å². The number of ether oxygens (including phenoxy) is 1. The smallest absolute Gasteiger partial charge is 0.236 e. The Morgan fingerprint density at radius 1 is 1.42 bits per heavy atom. The van der Waals surface area contributed by atoms with Crippen LogP contribution in [-0.2, 0) is 11.4 Å². The van der Waals surface area contributed by atoms with Crippen molar-refractivity contribution in [1.29, 1.82) is 0 Å². The molecule has 1 amide bonds. The predicted molar refractivity (Wildman–Crippen MR) is 91.5 cm³/mol. The Kier molecular flexibility index (Phi) is 5.37. The number of carbonyl (C=O) groups is 1. The standard InChI is InChI=1S/C15H15FN6O3S/c1-9-6-12(21-25-9)18-14(23)8-26-15-20-19-13(22(15)17)7-24-11-5-3-2-4-10(11)16/h2-6H,7-8,17H2,1H3,(H,18,21,23). The van der Waals surface area contributed by atoms with Crippen molar-refractivity contribution in [1.82, 2.24) is 20.0 Å². The molecule has 0 aliphatic carbocycles. The van der Waals surface area contributed by atoms with Crippen LogP contribution in [0.3, 0.4) is 0 Å². The fourth-order valence-electron chi connectivity index (χ4n) is 1.94. The Morgan fingerprint density at radius 3 is 2.96 bits per heavy atom. The first-order chi connectivity index (χ1) is 12.5. The molecule has 2 aromatic heterocycles. The number of nitrogens with zero attached hydrogens (tertiary/aromatic N) is 4. The molecule has 0 saturated heterocycles. The second kappa shape index (κ2) is 7.87. The Hall–Kier alpha value is -3.08. The van der Waals surface area contributed by atoms with E-state index in [-0.39, 0.29) is 24.0 Å². The predicted octanol–water partition coefficient (Wildman–Crippen LogP) is 1.74. The van der Waals surface area contributed by atoms with E-state index in [9.17, 15) is 9.18 Å². The molecule has 1 aromatic carbocycles. The van der Waals surface area contributed by atoms with E-state index in [0.717, 1.165) is 11.8 Å². The van der Waals surface area contributed by atoms with Gasteiger partial charge in [-0.3, -0.25) is 4.79 Å². The number of carbonyl (C=O) groups excluding carboxylic acids is 1. The number of rotatable bonds is 7. The molecule has 26 heavy (non-hydrogen) atoms. The van der Waals surface area contributed by atoms with Gasteiger partial charge in [0.1, 0.15) is 12.4 Å². The van der Waals surface area contributed by atoms with Crippen LogP contribution in [0.15, 0.2) is 40.0 Å². The van der Waals surface area contributed by atoms with Gasteiger partial charge in [0, 0.05) is 6.07 Å². The molecule has 11 heteroatoms. The highest BCUT2D eigenvalue weighted by atomic mass is 32.2. The van der Waals surface area contributed by atoms with Crippen LogP contribution < -0.4 is 15.9 Å². The van der Waals surface area contributed by atoms with Crippen LogP contribution in [0.5, 0.6) is 5.75 Å². The largest absolute Gasteiger partial charge is 0.482 e. The van der Waals surface area contributed by atoms with Gasteiger partial charge in [0.2, 0.25) is 11.1 Å². The minimum atomic E-state index is -0.482. The summed E-state index contributed by atoms with van der Waals surface area (Å²) in [5, 5.41) is 14.4. The summed E-state index contributed by atoms with van der Waals surface area (Å²) in [7, 11) is 0. The number of benzene rings is 1. The molecular weight excluding hydrogens is 363 g/mol. The van der Waals surface area contributed by atoms with E-state index in [2.05, 4.69) is 20.7 Å².